The van der Waals surface area contributed by atoms with Gasteiger partial charge in [0, 0.05) is 12.3 Å². The summed E-state index contributed by atoms with van der Waals surface area (Å²) < 4.78 is 9.67. The van der Waals surface area contributed by atoms with Gasteiger partial charge in [0.1, 0.15) is 5.69 Å². The molecular formula is C11H12N4O4. The molecule has 0 bridgehead atoms. The fraction of sp³-hybridized carbons (Fsp3) is 0.273. The van der Waals surface area contributed by atoms with Crippen LogP contribution in [0.2, 0.25) is 0 Å². The van der Waals surface area contributed by atoms with Crippen molar-refractivity contribution >= 4 is 11.9 Å². The molecule has 0 atom stereocenters. The molecule has 19 heavy (non-hydrogen) atoms. The van der Waals surface area contributed by atoms with Gasteiger partial charge in [-0.25, -0.2) is 4.79 Å². The summed E-state index contributed by atoms with van der Waals surface area (Å²) in [7, 11) is 0. The molecule has 2 rings (SSSR count). The Morgan fingerprint density at radius 3 is 3.05 bits per heavy atom. The van der Waals surface area contributed by atoms with Crippen LogP contribution in [0.25, 0.3) is 0 Å². The highest BCUT2D eigenvalue weighted by Gasteiger charge is 2.14. The van der Waals surface area contributed by atoms with Crippen LogP contribution in [0.1, 0.15) is 33.7 Å². The summed E-state index contributed by atoms with van der Waals surface area (Å²) in [5, 5.41) is 12.3. The average molecular weight is 264 g/mol. The number of aromatic nitrogens is 3. The molecule has 0 aliphatic rings. The van der Waals surface area contributed by atoms with Gasteiger partial charge in [0.05, 0.1) is 13.2 Å². The van der Waals surface area contributed by atoms with E-state index in [0.29, 0.717) is 11.5 Å². The van der Waals surface area contributed by atoms with E-state index in [0.717, 1.165) is 0 Å². The molecule has 8 nitrogen and oxygen atoms in total. The maximum absolute atomic E-state index is 11.6. The highest BCUT2D eigenvalue weighted by molar-refractivity contribution is 5.92. The van der Waals surface area contributed by atoms with Crippen LogP contribution in [0.4, 0.5) is 0 Å². The number of carbonyl (C=O) groups is 2. The van der Waals surface area contributed by atoms with E-state index in [9.17, 15) is 9.59 Å². The highest BCUT2D eigenvalue weighted by atomic mass is 16.5. The van der Waals surface area contributed by atoms with Gasteiger partial charge in [-0.2, -0.15) is 5.10 Å². The first kappa shape index (κ1) is 12.8. The van der Waals surface area contributed by atoms with Crippen LogP contribution in [0.5, 0.6) is 0 Å². The molecule has 0 saturated carbocycles. The van der Waals surface area contributed by atoms with Gasteiger partial charge in [-0.3, -0.25) is 9.89 Å². The van der Waals surface area contributed by atoms with Crippen LogP contribution < -0.4 is 5.32 Å². The van der Waals surface area contributed by atoms with E-state index in [-0.39, 0.29) is 24.8 Å². The molecule has 0 aromatic carbocycles. The molecule has 0 radical (unpaired) electrons. The maximum Gasteiger partial charge on any atom is 0.360 e. The lowest BCUT2D eigenvalue weighted by Gasteiger charge is -1.98. The lowest BCUT2D eigenvalue weighted by Crippen LogP contribution is -2.22. The van der Waals surface area contributed by atoms with Crippen LogP contribution in [-0.4, -0.2) is 33.8 Å². The van der Waals surface area contributed by atoms with Gasteiger partial charge >= 0.3 is 5.97 Å². The standard InChI is InChI=1S/C11H12N4O4/c1-2-18-11(17)9-5-7(19-15-9)6-12-10(16)8-3-4-13-14-8/h3-5H,2,6H2,1H3,(H,12,16)(H,13,14). The number of carbonyl (C=O) groups excluding carboxylic acids is 2. The Labute approximate surface area is 108 Å². The lowest BCUT2D eigenvalue weighted by atomic mass is 10.3. The van der Waals surface area contributed by atoms with E-state index in [1.807, 2.05) is 0 Å². The van der Waals surface area contributed by atoms with Crippen LogP contribution in [0, 0.1) is 0 Å². The number of hydrogen-bond acceptors (Lipinski definition) is 6. The number of hydrogen-bond donors (Lipinski definition) is 2. The minimum atomic E-state index is -0.558. The molecule has 1 amide bonds. The lowest BCUT2D eigenvalue weighted by molar-refractivity contribution is 0.0514. The van der Waals surface area contributed by atoms with Crippen molar-refractivity contribution in [2.75, 3.05) is 6.61 Å². The summed E-state index contributed by atoms with van der Waals surface area (Å²) in [6.07, 6.45) is 1.47. The van der Waals surface area contributed by atoms with Crippen LogP contribution in [-0.2, 0) is 11.3 Å². The second-order valence-corrected chi connectivity index (χ2v) is 3.55. The first-order valence-electron chi connectivity index (χ1n) is 5.61. The number of nitrogens with zero attached hydrogens (tertiary/aromatic N) is 2. The van der Waals surface area contributed by atoms with Gasteiger partial charge in [-0.05, 0) is 13.0 Å². The molecule has 0 spiro atoms. The van der Waals surface area contributed by atoms with Crippen molar-refractivity contribution in [2.24, 2.45) is 0 Å². The van der Waals surface area contributed by atoms with E-state index < -0.39 is 5.97 Å². The van der Waals surface area contributed by atoms with Crippen molar-refractivity contribution in [3.8, 4) is 0 Å². The Kier molecular flexibility index (Phi) is 3.91. The van der Waals surface area contributed by atoms with Crippen molar-refractivity contribution in [3.05, 3.63) is 35.5 Å². The number of ether oxygens (including phenoxy) is 1. The third-order valence-electron chi connectivity index (χ3n) is 2.21. The molecule has 2 aromatic heterocycles. The second-order valence-electron chi connectivity index (χ2n) is 3.55. The third-order valence-corrected chi connectivity index (χ3v) is 2.21. The Morgan fingerprint density at radius 2 is 2.37 bits per heavy atom. The number of amides is 1. The fourth-order valence-corrected chi connectivity index (χ4v) is 1.34. The quantitative estimate of drug-likeness (QED) is 0.761. The van der Waals surface area contributed by atoms with Crippen molar-refractivity contribution in [1.29, 1.82) is 0 Å². The monoisotopic (exact) mass is 264 g/mol. The maximum atomic E-state index is 11.6. The van der Waals surface area contributed by atoms with E-state index in [1.54, 1.807) is 13.0 Å². The summed E-state index contributed by atoms with van der Waals surface area (Å²) in [6, 6.07) is 2.96. The molecule has 100 valence electrons. The van der Waals surface area contributed by atoms with Crippen molar-refractivity contribution < 1.29 is 18.8 Å². The van der Waals surface area contributed by atoms with Crippen molar-refractivity contribution in [3.63, 3.8) is 0 Å². The average Bonchev–Trinajstić information content (AvgIpc) is 3.07. The van der Waals surface area contributed by atoms with Crippen molar-refractivity contribution in [2.45, 2.75) is 13.5 Å². The van der Waals surface area contributed by atoms with Gasteiger partial charge in [0.15, 0.2) is 11.5 Å². The second kappa shape index (κ2) is 5.80. The molecule has 2 aromatic rings. The first-order chi connectivity index (χ1) is 9.20. The van der Waals surface area contributed by atoms with E-state index in [2.05, 4.69) is 20.7 Å². The predicted octanol–water partition coefficient (Wildman–Crippen LogP) is 0.504. The molecule has 2 heterocycles. The molecule has 8 heteroatoms. The minimum Gasteiger partial charge on any atom is -0.461 e. The molecule has 2 N–H and O–H groups in total. The third kappa shape index (κ3) is 3.18. The first-order valence-corrected chi connectivity index (χ1v) is 5.61. The smallest absolute Gasteiger partial charge is 0.360 e. The Hall–Kier alpha value is -2.64. The van der Waals surface area contributed by atoms with Crippen molar-refractivity contribution in [1.82, 2.24) is 20.7 Å². The topological polar surface area (TPSA) is 110 Å². The summed E-state index contributed by atoms with van der Waals surface area (Å²) >= 11 is 0. The fourth-order valence-electron chi connectivity index (χ4n) is 1.34. The number of aromatic amines is 1. The van der Waals surface area contributed by atoms with Crippen LogP contribution >= 0.6 is 0 Å². The minimum absolute atomic E-state index is 0.0765. The zero-order valence-electron chi connectivity index (χ0n) is 10.2. The number of esters is 1. The van der Waals surface area contributed by atoms with Gasteiger partial charge in [-0.15, -0.1) is 0 Å². The number of rotatable bonds is 5. The zero-order chi connectivity index (χ0) is 13.7. The summed E-state index contributed by atoms with van der Waals surface area (Å²) in [5.41, 5.74) is 0.415. The van der Waals surface area contributed by atoms with E-state index >= 15 is 0 Å². The molecule has 0 aliphatic heterocycles. The molecular weight excluding hydrogens is 252 g/mol. The van der Waals surface area contributed by atoms with E-state index in [4.69, 9.17) is 9.26 Å². The highest BCUT2D eigenvalue weighted by Crippen LogP contribution is 2.05. The predicted molar refractivity (Wildman–Crippen MR) is 62.2 cm³/mol. The van der Waals surface area contributed by atoms with Gasteiger partial charge in [0.2, 0.25) is 0 Å². The Morgan fingerprint density at radius 1 is 1.53 bits per heavy atom. The van der Waals surface area contributed by atoms with Gasteiger partial charge in [0.25, 0.3) is 5.91 Å². The summed E-state index contributed by atoms with van der Waals surface area (Å²) in [4.78, 5) is 22.9. The summed E-state index contributed by atoms with van der Waals surface area (Å²) in [5.74, 6) is -0.528. The van der Waals surface area contributed by atoms with Crippen LogP contribution in [0.15, 0.2) is 22.9 Å². The van der Waals surface area contributed by atoms with E-state index in [1.165, 1.54) is 12.3 Å². The summed E-state index contributed by atoms with van der Waals surface area (Å²) in [6.45, 7) is 2.07. The van der Waals surface area contributed by atoms with Crippen LogP contribution in [0.3, 0.4) is 0 Å². The Balaban J connectivity index is 1.90. The molecule has 0 aliphatic carbocycles. The molecule has 0 unspecified atom stereocenters. The normalized spacial score (nSPS) is 10.2. The van der Waals surface area contributed by atoms with Gasteiger partial charge in [-0.1, -0.05) is 5.16 Å². The zero-order valence-corrected chi connectivity index (χ0v) is 10.2. The largest absolute Gasteiger partial charge is 0.461 e. The molecule has 0 fully saturated rings. The number of H-pyrrole nitrogens is 1. The Bertz CT molecular complexity index is 561. The molecule has 0 saturated heterocycles. The SMILES string of the molecule is CCOC(=O)c1cc(CNC(=O)c2ccn[nH]2)on1. The number of nitrogens with one attached hydrogen (secondary N) is 2. The van der Waals surface area contributed by atoms with Gasteiger partial charge < -0.3 is 14.6 Å².